The normalized spacial score (nSPS) is 11.8. The maximum Gasteiger partial charge on any atom is 0.320 e. The van der Waals surface area contributed by atoms with Crippen molar-refractivity contribution in [3.05, 3.63) is 112 Å². The SMILES string of the molecule is Cc1ccc(C)c(Nc2nc(O)nc(Nc3ccc(C)c(Nc4cccc5c4C(=O)c4cccc6nc(C)cc-5c46)c3)n2)c1. The fraction of sp³-hybridized carbons (Fsp3) is 0.114. The number of aromatic hydroxyl groups is 1. The van der Waals surface area contributed by atoms with E-state index in [0.29, 0.717) is 22.5 Å². The highest BCUT2D eigenvalue weighted by Gasteiger charge is 2.28. The Kier molecular flexibility index (Phi) is 6.43. The van der Waals surface area contributed by atoms with Gasteiger partial charge >= 0.3 is 6.01 Å². The quantitative estimate of drug-likeness (QED) is 0.156. The second kappa shape index (κ2) is 10.5. The number of rotatable bonds is 6. The Morgan fingerprint density at radius 1 is 0.614 bits per heavy atom. The summed E-state index contributed by atoms with van der Waals surface area (Å²) in [7, 11) is 0. The number of hydrogen-bond donors (Lipinski definition) is 4. The van der Waals surface area contributed by atoms with Gasteiger partial charge in [0.2, 0.25) is 11.9 Å². The number of pyridine rings is 1. The van der Waals surface area contributed by atoms with Gasteiger partial charge in [-0.05, 0) is 91.9 Å². The van der Waals surface area contributed by atoms with Crippen LogP contribution in [0.2, 0.25) is 0 Å². The lowest BCUT2D eigenvalue weighted by Crippen LogP contribution is -2.13. The van der Waals surface area contributed by atoms with Gasteiger partial charge in [0.15, 0.2) is 5.78 Å². The highest BCUT2D eigenvalue weighted by Crippen LogP contribution is 2.42. The van der Waals surface area contributed by atoms with Gasteiger partial charge in [-0.1, -0.05) is 42.5 Å². The molecule has 9 heteroatoms. The van der Waals surface area contributed by atoms with Gasteiger partial charge in [-0.15, -0.1) is 0 Å². The predicted molar refractivity (Wildman–Crippen MR) is 174 cm³/mol. The molecule has 0 bridgehead atoms. The number of nitrogens with one attached hydrogen (secondary N) is 3. The standard InChI is InChI=1S/C35H29N7O2/c1-18-11-12-19(2)28(15-18)39-34-40-33(41-35(44)42-34)37-22-14-13-20(3)29(17-22)38-27-10-5-7-23-25-16-21(4)36-26-9-6-8-24(30(25)26)32(43)31(23)27/h5-17,38H,1-4H3,(H3,37,39,40,41,42,44). The van der Waals surface area contributed by atoms with E-state index in [1.165, 1.54) is 0 Å². The van der Waals surface area contributed by atoms with Crippen molar-refractivity contribution in [3.63, 3.8) is 0 Å². The third-order valence-corrected chi connectivity index (χ3v) is 7.81. The van der Waals surface area contributed by atoms with E-state index in [4.69, 9.17) is 0 Å². The van der Waals surface area contributed by atoms with E-state index in [1.807, 2.05) is 107 Å². The molecule has 0 atom stereocenters. The highest BCUT2D eigenvalue weighted by molar-refractivity contribution is 6.27. The molecule has 6 aromatic rings. The zero-order valence-electron chi connectivity index (χ0n) is 24.6. The number of anilines is 6. The Hall–Kier alpha value is -5.83. The molecule has 0 spiro atoms. The van der Waals surface area contributed by atoms with Gasteiger partial charge in [0.25, 0.3) is 0 Å². The van der Waals surface area contributed by atoms with Crippen molar-refractivity contribution < 1.29 is 9.90 Å². The van der Waals surface area contributed by atoms with E-state index in [1.54, 1.807) is 0 Å². The summed E-state index contributed by atoms with van der Waals surface area (Å²) >= 11 is 0. The molecule has 4 aromatic carbocycles. The summed E-state index contributed by atoms with van der Waals surface area (Å²) in [5.41, 5.74) is 11.0. The number of carbonyl (C=O) groups excluding carboxylic acids is 1. The van der Waals surface area contributed by atoms with E-state index in [2.05, 4.69) is 35.9 Å². The number of nitrogens with zero attached hydrogens (tertiary/aromatic N) is 4. The Labute approximate surface area is 254 Å². The van der Waals surface area contributed by atoms with Crippen molar-refractivity contribution in [3.8, 4) is 17.1 Å². The van der Waals surface area contributed by atoms with E-state index < -0.39 is 6.01 Å². The van der Waals surface area contributed by atoms with Gasteiger partial charge in [0, 0.05) is 33.7 Å². The molecule has 0 aliphatic heterocycles. The predicted octanol–water partition coefficient (Wildman–Crippen LogP) is 7.80. The molecule has 0 radical (unpaired) electrons. The van der Waals surface area contributed by atoms with E-state index >= 15 is 0 Å². The number of ketones is 1. The van der Waals surface area contributed by atoms with Crippen LogP contribution >= 0.6 is 0 Å². The number of benzene rings is 4. The third-order valence-electron chi connectivity index (χ3n) is 7.81. The first-order valence-corrected chi connectivity index (χ1v) is 14.3. The largest absolute Gasteiger partial charge is 0.479 e. The third kappa shape index (κ3) is 4.84. The lowest BCUT2D eigenvalue weighted by Gasteiger charge is -2.23. The average molecular weight is 580 g/mol. The molecule has 44 heavy (non-hydrogen) atoms. The van der Waals surface area contributed by atoms with Gasteiger partial charge in [-0.25, -0.2) is 0 Å². The van der Waals surface area contributed by atoms with E-state index in [0.717, 1.165) is 55.8 Å². The second-order valence-electron chi connectivity index (χ2n) is 11.1. The molecule has 0 amide bonds. The van der Waals surface area contributed by atoms with Crippen molar-refractivity contribution in [1.82, 2.24) is 19.9 Å². The number of hydrogen-bond acceptors (Lipinski definition) is 9. The summed E-state index contributed by atoms with van der Waals surface area (Å²) in [4.78, 5) is 31.1. The summed E-state index contributed by atoms with van der Waals surface area (Å²) in [6.45, 7) is 7.95. The highest BCUT2D eigenvalue weighted by atomic mass is 16.3. The van der Waals surface area contributed by atoms with E-state index in [-0.39, 0.29) is 17.7 Å². The first-order valence-electron chi connectivity index (χ1n) is 14.3. The minimum absolute atomic E-state index is 0.0386. The molecular weight excluding hydrogens is 550 g/mol. The van der Waals surface area contributed by atoms with Crippen molar-refractivity contribution in [2.45, 2.75) is 27.7 Å². The lowest BCUT2D eigenvalue weighted by atomic mass is 9.83. The minimum Gasteiger partial charge on any atom is -0.479 e. The van der Waals surface area contributed by atoms with Crippen molar-refractivity contribution >= 4 is 51.3 Å². The molecule has 0 fully saturated rings. The van der Waals surface area contributed by atoms with Gasteiger partial charge in [-0.3, -0.25) is 9.78 Å². The van der Waals surface area contributed by atoms with Gasteiger partial charge < -0.3 is 21.1 Å². The molecule has 2 heterocycles. The van der Waals surface area contributed by atoms with Gasteiger partial charge in [-0.2, -0.15) is 15.0 Å². The monoisotopic (exact) mass is 579 g/mol. The Bertz CT molecular complexity index is 2140. The summed E-state index contributed by atoms with van der Waals surface area (Å²) in [6.07, 6.45) is 0. The maximum absolute atomic E-state index is 13.9. The summed E-state index contributed by atoms with van der Waals surface area (Å²) in [5.74, 6) is 0.360. The van der Waals surface area contributed by atoms with Gasteiger partial charge in [0.1, 0.15) is 0 Å². The molecular formula is C35H29N7O2. The van der Waals surface area contributed by atoms with Crippen LogP contribution in [0.5, 0.6) is 6.01 Å². The minimum atomic E-state index is -0.407. The van der Waals surface area contributed by atoms with E-state index in [9.17, 15) is 9.90 Å². The molecule has 0 saturated heterocycles. The average Bonchev–Trinajstić information content (AvgIpc) is 2.99. The van der Waals surface area contributed by atoms with Crippen molar-refractivity contribution in [2.24, 2.45) is 0 Å². The molecule has 0 saturated carbocycles. The number of fused-ring (bicyclic) bond motifs is 2. The first kappa shape index (κ1) is 27.0. The molecule has 1 aliphatic carbocycles. The Morgan fingerprint density at radius 2 is 1.32 bits per heavy atom. The van der Waals surface area contributed by atoms with Crippen LogP contribution in [0.25, 0.3) is 22.0 Å². The molecule has 0 unspecified atom stereocenters. The van der Waals surface area contributed by atoms with Crippen molar-refractivity contribution in [2.75, 3.05) is 16.0 Å². The maximum atomic E-state index is 13.9. The lowest BCUT2D eigenvalue weighted by molar-refractivity contribution is 0.104. The van der Waals surface area contributed by atoms with Crippen LogP contribution in [-0.2, 0) is 0 Å². The summed E-state index contributed by atoms with van der Waals surface area (Å²) < 4.78 is 0. The van der Waals surface area contributed by atoms with Crippen LogP contribution in [0.3, 0.4) is 0 Å². The van der Waals surface area contributed by atoms with Crippen LogP contribution < -0.4 is 16.0 Å². The molecule has 7 rings (SSSR count). The first-order chi connectivity index (χ1) is 21.2. The summed E-state index contributed by atoms with van der Waals surface area (Å²) in [5, 5.41) is 21.0. The smallest absolute Gasteiger partial charge is 0.320 e. The summed E-state index contributed by atoms with van der Waals surface area (Å²) in [6, 6.07) is 25.0. The topological polar surface area (TPSA) is 125 Å². The molecule has 4 N–H and O–H groups in total. The Balaban J connectivity index is 1.21. The molecule has 2 aromatic heterocycles. The molecule has 9 nitrogen and oxygen atoms in total. The van der Waals surface area contributed by atoms with Crippen LogP contribution in [-0.4, -0.2) is 30.8 Å². The number of carbonyl (C=O) groups is 1. The Morgan fingerprint density at radius 3 is 2.14 bits per heavy atom. The second-order valence-corrected chi connectivity index (χ2v) is 11.1. The van der Waals surface area contributed by atoms with Crippen LogP contribution in [0, 0.1) is 27.7 Å². The number of aromatic nitrogens is 4. The van der Waals surface area contributed by atoms with Gasteiger partial charge in [0.05, 0.1) is 16.8 Å². The van der Waals surface area contributed by atoms with Crippen LogP contribution in [0.1, 0.15) is 38.3 Å². The zero-order valence-corrected chi connectivity index (χ0v) is 24.6. The number of aryl methyl sites for hydroxylation is 4. The molecule has 216 valence electrons. The molecule has 1 aliphatic rings. The zero-order chi connectivity index (χ0) is 30.5. The van der Waals surface area contributed by atoms with Crippen LogP contribution in [0.15, 0.2) is 78.9 Å². The fourth-order valence-electron chi connectivity index (χ4n) is 5.66. The fourth-order valence-corrected chi connectivity index (χ4v) is 5.66. The van der Waals surface area contributed by atoms with Crippen molar-refractivity contribution in [1.29, 1.82) is 0 Å². The van der Waals surface area contributed by atoms with Crippen LogP contribution in [0.4, 0.5) is 34.6 Å².